The van der Waals surface area contributed by atoms with Crippen LogP contribution in [0.5, 0.6) is 5.75 Å². The molecule has 2 aromatic rings. The maximum atomic E-state index is 12.2. The van der Waals surface area contributed by atoms with Crippen LogP contribution in [-0.4, -0.2) is 38.6 Å². The van der Waals surface area contributed by atoms with Crippen LogP contribution in [0.15, 0.2) is 54.6 Å². The lowest BCUT2D eigenvalue weighted by molar-refractivity contribution is -0.881. The third-order valence-electron chi connectivity index (χ3n) is 3.75. The molecule has 0 aliphatic carbocycles. The Morgan fingerprint density at radius 1 is 0.880 bits per heavy atom. The van der Waals surface area contributed by atoms with Gasteiger partial charge in [0.15, 0.2) is 13.1 Å². The summed E-state index contributed by atoms with van der Waals surface area (Å²) in [4.78, 5) is 25.2. The van der Waals surface area contributed by atoms with Gasteiger partial charge < -0.3 is 20.3 Å². The number of para-hydroxylation sites is 1. The molecule has 6 heteroatoms. The molecule has 2 rings (SSSR count). The maximum Gasteiger partial charge on any atom is 0.279 e. The highest BCUT2D eigenvalue weighted by Crippen LogP contribution is 2.14. The van der Waals surface area contributed by atoms with Gasteiger partial charge in [0.2, 0.25) is 0 Å². The maximum absolute atomic E-state index is 12.2. The summed E-state index contributed by atoms with van der Waals surface area (Å²) < 4.78 is 5.09. The Kier molecular flexibility index (Phi) is 6.98. The first kappa shape index (κ1) is 18.5. The molecule has 0 spiro atoms. The van der Waals surface area contributed by atoms with Crippen LogP contribution in [0.1, 0.15) is 6.92 Å². The molecule has 0 bridgehead atoms. The summed E-state index contributed by atoms with van der Waals surface area (Å²) in [5, 5.41) is 5.67. The molecule has 2 amide bonds. The molecule has 0 aliphatic heterocycles. The molecule has 0 fully saturated rings. The number of methoxy groups -OCH3 is 1. The number of carbonyl (C=O) groups excluding carboxylic acids is 2. The van der Waals surface area contributed by atoms with Crippen LogP contribution in [0, 0.1) is 0 Å². The van der Waals surface area contributed by atoms with Gasteiger partial charge in [-0.05, 0) is 43.3 Å². The zero-order valence-corrected chi connectivity index (χ0v) is 14.5. The first-order valence-corrected chi connectivity index (χ1v) is 8.23. The summed E-state index contributed by atoms with van der Waals surface area (Å²) in [5.41, 5.74) is 1.46. The molecule has 0 saturated carbocycles. The van der Waals surface area contributed by atoms with Crippen molar-refractivity contribution in [2.24, 2.45) is 0 Å². The van der Waals surface area contributed by atoms with E-state index < -0.39 is 0 Å². The number of hydrogen-bond donors (Lipinski definition) is 3. The highest BCUT2D eigenvalue weighted by atomic mass is 16.5. The van der Waals surface area contributed by atoms with Crippen LogP contribution in [0.4, 0.5) is 11.4 Å². The van der Waals surface area contributed by atoms with E-state index in [0.717, 1.165) is 16.3 Å². The molecule has 0 aromatic heterocycles. The van der Waals surface area contributed by atoms with Gasteiger partial charge in [0.05, 0.1) is 13.7 Å². The monoisotopic (exact) mass is 342 g/mol. The topological polar surface area (TPSA) is 71.9 Å². The average Bonchev–Trinajstić information content (AvgIpc) is 2.62. The van der Waals surface area contributed by atoms with Gasteiger partial charge in [-0.1, -0.05) is 18.2 Å². The van der Waals surface area contributed by atoms with Gasteiger partial charge in [-0.25, -0.2) is 0 Å². The van der Waals surface area contributed by atoms with Gasteiger partial charge in [0.25, 0.3) is 11.8 Å². The number of rotatable bonds is 8. The fourth-order valence-corrected chi connectivity index (χ4v) is 2.37. The lowest BCUT2D eigenvalue weighted by atomic mass is 10.3. The molecule has 2 aromatic carbocycles. The minimum atomic E-state index is -0.130. The fourth-order valence-electron chi connectivity index (χ4n) is 2.37. The fraction of sp³-hybridized carbons (Fsp3) is 0.263. The van der Waals surface area contributed by atoms with E-state index in [4.69, 9.17) is 4.74 Å². The first-order valence-electron chi connectivity index (χ1n) is 8.23. The Labute approximate surface area is 147 Å². The van der Waals surface area contributed by atoms with E-state index in [-0.39, 0.29) is 24.9 Å². The van der Waals surface area contributed by atoms with E-state index in [2.05, 4.69) is 10.6 Å². The number of likely N-dealkylation sites (N-methyl/N-ethyl adjacent to an activating group) is 1. The number of quaternary nitrogens is 1. The molecule has 3 N–H and O–H groups in total. The molecule has 132 valence electrons. The smallest absolute Gasteiger partial charge is 0.279 e. The summed E-state index contributed by atoms with van der Waals surface area (Å²) in [6.45, 7) is 3.09. The van der Waals surface area contributed by atoms with Crippen LogP contribution < -0.4 is 20.3 Å². The highest BCUT2D eigenvalue weighted by molar-refractivity contribution is 5.93. The second-order valence-corrected chi connectivity index (χ2v) is 5.65. The first-order chi connectivity index (χ1) is 12.1. The predicted molar refractivity (Wildman–Crippen MR) is 97.9 cm³/mol. The Balaban J connectivity index is 1.83. The van der Waals surface area contributed by atoms with Gasteiger partial charge in [0, 0.05) is 11.4 Å². The SMILES string of the molecule is CC[NH+](CC(=O)Nc1ccccc1)CC(=O)Nc1ccc(OC)cc1. The Morgan fingerprint density at radius 3 is 1.88 bits per heavy atom. The zero-order valence-electron chi connectivity index (χ0n) is 14.5. The summed E-state index contributed by atoms with van der Waals surface area (Å²) in [6, 6.07) is 16.4. The number of anilines is 2. The van der Waals surface area contributed by atoms with Crippen molar-refractivity contribution < 1.29 is 19.2 Å². The van der Waals surface area contributed by atoms with Gasteiger partial charge in [0.1, 0.15) is 5.75 Å². The van der Waals surface area contributed by atoms with E-state index in [9.17, 15) is 9.59 Å². The molecule has 0 heterocycles. The van der Waals surface area contributed by atoms with Crippen molar-refractivity contribution in [2.45, 2.75) is 6.92 Å². The normalized spacial score (nSPS) is 11.4. The molecular weight excluding hydrogens is 318 g/mol. The zero-order chi connectivity index (χ0) is 18.1. The number of hydrogen-bond acceptors (Lipinski definition) is 3. The van der Waals surface area contributed by atoms with Crippen molar-refractivity contribution in [1.82, 2.24) is 0 Å². The van der Waals surface area contributed by atoms with Crippen molar-refractivity contribution in [2.75, 3.05) is 37.4 Å². The van der Waals surface area contributed by atoms with E-state index in [0.29, 0.717) is 12.2 Å². The largest absolute Gasteiger partial charge is 0.497 e. The van der Waals surface area contributed by atoms with Crippen molar-refractivity contribution in [3.63, 3.8) is 0 Å². The van der Waals surface area contributed by atoms with Crippen LogP contribution >= 0.6 is 0 Å². The predicted octanol–water partition coefficient (Wildman–Crippen LogP) is 1.18. The van der Waals surface area contributed by atoms with Crippen molar-refractivity contribution in [3.05, 3.63) is 54.6 Å². The second kappa shape index (κ2) is 9.44. The average molecular weight is 342 g/mol. The van der Waals surface area contributed by atoms with Crippen molar-refractivity contribution >= 4 is 23.2 Å². The second-order valence-electron chi connectivity index (χ2n) is 5.65. The molecule has 0 radical (unpaired) electrons. The van der Waals surface area contributed by atoms with Crippen LogP contribution in [0.2, 0.25) is 0 Å². The van der Waals surface area contributed by atoms with Crippen LogP contribution in [0.3, 0.4) is 0 Å². The quantitative estimate of drug-likeness (QED) is 0.674. The number of carbonyl (C=O) groups is 2. The Morgan fingerprint density at radius 2 is 1.40 bits per heavy atom. The van der Waals surface area contributed by atoms with Gasteiger partial charge in [-0.3, -0.25) is 9.59 Å². The lowest BCUT2D eigenvalue weighted by Gasteiger charge is -2.17. The third kappa shape index (κ3) is 6.27. The number of amides is 2. The van der Waals surface area contributed by atoms with Gasteiger partial charge in [-0.2, -0.15) is 0 Å². The summed E-state index contributed by atoms with van der Waals surface area (Å²) in [7, 11) is 1.59. The highest BCUT2D eigenvalue weighted by Gasteiger charge is 2.16. The molecule has 0 aliphatic rings. The summed E-state index contributed by atoms with van der Waals surface area (Å²) in [6.07, 6.45) is 0. The molecule has 6 nitrogen and oxygen atoms in total. The summed E-state index contributed by atoms with van der Waals surface area (Å²) >= 11 is 0. The van der Waals surface area contributed by atoms with E-state index in [1.54, 1.807) is 31.4 Å². The van der Waals surface area contributed by atoms with E-state index in [1.807, 2.05) is 37.3 Å². The number of ether oxygens (including phenoxy) is 1. The molecule has 0 saturated heterocycles. The van der Waals surface area contributed by atoms with Crippen LogP contribution in [0.25, 0.3) is 0 Å². The molecule has 1 atom stereocenters. The molecular formula is C19H24N3O3+. The minimum absolute atomic E-state index is 0.111. The summed E-state index contributed by atoms with van der Waals surface area (Å²) in [5.74, 6) is 0.492. The van der Waals surface area contributed by atoms with Crippen molar-refractivity contribution in [1.29, 1.82) is 0 Å². The lowest BCUT2D eigenvalue weighted by Crippen LogP contribution is -3.13. The third-order valence-corrected chi connectivity index (χ3v) is 3.75. The Hall–Kier alpha value is -2.86. The number of nitrogens with one attached hydrogen (secondary N) is 3. The van der Waals surface area contributed by atoms with Crippen molar-refractivity contribution in [3.8, 4) is 5.75 Å². The van der Waals surface area contributed by atoms with Crippen LogP contribution in [-0.2, 0) is 9.59 Å². The standard InChI is InChI=1S/C19H23N3O3/c1-3-22(13-18(23)20-15-7-5-4-6-8-15)14-19(24)21-16-9-11-17(25-2)12-10-16/h4-12H,3,13-14H2,1-2H3,(H,20,23)(H,21,24)/p+1. The number of benzene rings is 2. The Bertz CT molecular complexity index is 687. The van der Waals surface area contributed by atoms with Gasteiger partial charge >= 0.3 is 0 Å². The molecule has 1 unspecified atom stereocenters. The van der Waals surface area contributed by atoms with E-state index in [1.165, 1.54) is 0 Å². The minimum Gasteiger partial charge on any atom is -0.497 e. The molecule has 25 heavy (non-hydrogen) atoms. The van der Waals surface area contributed by atoms with E-state index >= 15 is 0 Å². The van der Waals surface area contributed by atoms with Gasteiger partial charge in [-0.15, -0.1) is 0 Å².